The summed E-state index contributed by atoms with van der Waals surface area (Å²) in [4.78, 5) is 2.33. The second-order valence-electron chi connectivity index (χ2n) is 2.39. The molecular formula is C8H15N3. The van der Waals surface area contributed by atoms with Gasteiger partial charge in [-0.05, 0) is 7.05 Å². The molecule has 0 aromatic heterocycles. The number of likely N-dealkylation sites (N-methyl/N-ethyl adjacent to an activating group) is 1. The standard InChI is InChI=1S/C5H12N2.C3H3N/c1-7-4-2-6-3-5-7;1-2-3-4/h6H,2-5H2,1H3;2H,1H2. The van der Waals surface area contributed by atoms with E-state index in [1.165, 1.54) is 19.2 Å². The molecule has 3 nitrogen and oxygen atoms in total. The lowest BCUT2D eigenvalue weighted by Crippen LogP contribution is -2.40. The van der Waals surface area contributed by atoms with E-state index in [1.54, 1.807) is 6.07 Å². The summed E-state index contributed by atoms with van der Waals surface area (Å²) in [6, 6.07) is 1.69. The molecule has 1 aliphatic rings. The molecule has 1 heterocycles. The van der Waals surface area contributed by atoms with Gasteiger partial charge in [0.2, 0.25) is 0 Å². The van der Waals surface area contributed by atoms with Gasteiger partial charge in [-0.2, -0.15) is 5.26 Å². The van der Waals surface area contributed by atoms with E-state index in [9.17, 15) is 0 Å². The van der Waals surface area contributed by atoms with E-state index in [-0.39, 0.29) is 0 Å². The first kappa shape index (κ1) is 10.2. The van der Waals surface area contributed by atoms with Gasteiger partial charge in [0.15, 0.2) is 0 Å². The van der Waals surface area contributed by atoms with Crippen LogP contribution < -0.4 is 5.32 Å². The van der Waals surface area contributed by atoms with Crippen LogP contribution in [0.3, 0.4) is 0 Å². The van der Waals surface area contributed by atoms with Crippen LogP contribution in [0.2, 0.25) is 0 Å². The Bertz CT molecular complexity index is 131. The van der Waals surface area contributed by atoms with Crippen molar-refractivity contribution in [3.05, 3.63) is 12.7 Å². The van der Waals surface area contributed by atoms with Gasteiger partial charge in [0.1, 0.15) is 0 Å². The molecule has 0 bridgehead atoms. The summed E-state index contributed by atoms with van der Waals surface area (Å²) in [5, 5.41) is 10.8. The van der Waals surface area contributed by atoms with Crippen molar-refractivity contribution >= 4 is 0 Å². The molecular weight excluding hydrogens is 138 g/mol. The molecule has 1 saturated heterocycles. The van der Waals surface area contributed by atoms with Crippen LogP contribution in [0.1, 0.15) is 0 Å². The summed E-state index contributed by atoms with van der Waals surface area (Å²) in [7, 11) is 2.15. The first-order valence-corrected chi connectivity index (χ1v) is 3.71. The smallest absolute Gasteiger partial charge is 0.0905 e. The number of hydrogen-bond donors (Lipinski definition) is 1. The van der Waals surface area contributed by atoms with Crippen molar-refractivity contribution < 1.29 is 0 Å². The molecule has 62 valence electrons. The van der Waals surface area contributed by atoms with Crippen LogP contribution in [0.5, 0.6) is 0 Å². The molecule has 0 unspecified atom stereocenters. The molecule has 0 aromatic carbocycles. The number of nitriles is 1. The van der Waals surface area contributed by atoms with E-state index < -0.39 is 0 Å². The topological polar surface area (TPSA) is 39.1 Å². The summed E-state index contributed by atoms with van der Waals surface area (Å²) in [6.07, 6.45) is 1.18. The van der Waals surface area contributed by atoms with E-state index in [4.69, 9.17) is 5.26 Å². The highest BCUT2D eigenvalue weighted by Crippen LogP contribution is 1.82. The lowest BCUT2D eigenvalue weighted by atomic mass is 10.4. The van der Waals surface area contributed by atoms with Gasteiger partial charge < -0.3 is 10.2 Å². The predicted molar refractivity (Wildman–Crippen MR) is 46.2 cm³/mol. The Hall–Kier alpha value is -0.850. The second-order valence-corrected chi connectivity index (χ2v) is 2.39. The lowest BCUT2D eigenvalue weighted by molar-refractivity contribution is 0.291. The number of allylic oxidation sites excluding steroid dienone is 1. The monoisotopic (exact) mass is 153 g/mol. The molecule has 1 N–H and O–H groups in total. The maximum absolute atomic E-state index is 7.51. The zero-order valence-electron chi connectivity index (χ0n) is 7.01. The fraction of sp³-hybridized carbons (Fsp3) is 0.625. The van der Waals surface area contributed by atoms with Crippen molar-refractivity contribution in [3.8, 4) is 6.07 Å². The maximum Gasteiger partial charge on any atom is 0.0905 e. The molecule has 0 atom stereocenters. The van der Waals surface area contributed by atoms with Crippen molar-refractivity contribution in [3.63, 3.8) is 0 Å². The van der Waals surface area contributed by atoms with Crippen molar-refractivity contribution in [2.24, 2.45) is 0 Å². The van der Waals surface area contributed by atoms with E-state index >= 15 is 0 Å². The van der Waals surface area contributed by atoms with Crippen LogP contribution in [0.4, 0.5) is 0 Å². The minimum absolute atomic E-state index is 1.16. The average molecular weight is 153 g/mol. The highest BCUT2D eigenvalue weighted by Gasteiger charge is 2.01. The van der Waals surface area contributed by atoms with Crippen molar-refractivity contribution in [2.45, 2.75) is 0 Å². The van der Waals surface area contributed by atoms with Gasteiger partial charge in [0.25, 0.3) is 0 Å². The number of nitrogens with zero attached hydrogens (tertiary/aromatic N) is 2. The Morgan fingerprint density at radius 1 is 1.55 bits per heavy atom. The number of piperazine rings is 1. The van der Waals surface area contributed by atoms with Gasteiger partial charge in [-0.3, -0.25) is 0 Å². The number of nitrogens with one attached hydrogen (secondary N) is 1. The second kappa shape index (κ2) is 7.26. The first-order chi connectivity index (χ1) is 5.31. The average Bonchev–Trinajstić information content (AvgIpc) is 2.07. The molecule has 0 radical (unpaired) electrons. The van der Waals surface area contributed by atoms with Crippen LogP contribution in [0.25, 0.3) is 0 Å². The molecule has 1 fully saturated rings. The van der Waals surface area contributed by atoms with Crippen molar-refractivity contribution in [1.82, 2.24) is 10.2 Å². The Morgan fingerprint density at radius 3 is 2.18 bits per heavy atom. The van der Waals surface area contributed by atoms with E-state index in [0.717, 1.165) is 13.1 Å². The van der Waals surface area contributed by atoms with Crippen LogP contribution in [0, 0.1) is 11.3 Å². The molecule has 0 aromatic rings. The minimum atomic E-state index is 1.16. The van der Waals surface area contributed by atoms with Crippen LogP contribution in [-0.4, -0.2) is 38.1 Å². The van der Waals surface area contributed by atoms with Crippen LogP contribution in [0.15, 0.2) is 12.7 Å². The largest absolute Gasteiger partial charge is 0.314 e. The van der Waals surface area contributed by atoms with Crippen molar-refractivity contribution in [1.29, 1.82) is 5.26 Å². The number of rotatable bonds is 0. The Labute approximate surface area is 68.3 Å². The highest BCUT2D eigenvalue weighted by atomic mass is 15.2. The summed E-state index contributed by atoms with van der Waals surface area (Å²) in [5.41, 5.74) is 0. The fourth-order valence-electron chi connectivity index (χ4n) is 0.777. The molecule has 0 saturated carbocycles. The third-order valence-corrected chi connectivity index (χ3v) is 1.43. The molecule has 0 aliphatic carbocycles. The van der Waals surface area contributed by atoms with E-state index in [2.05, 4.69) is 23.8 Å². The SMILES string of the molecule is C=CC#N.CN1CCNCC1. The van der Waals surface area contributed by atoms with Crippen LogP contribution >= 0.6 is 0 Å². The van der Waals surface area contributed by atoms with Gasteiger partial charge in [-0.1, -0.05) is 6.58 Å². The van der Waals surface area contributed by atoms with Gasteiger partial charge in [-0.15, -0.1) is 0 Å². The Balaban J connectivity index is 0.000000218. The molecule has 0 spiro atoms. The molecule has 1 rings (SSSR count). The molecule has 0 amide bonds. The minimum Gasteiger partial charge on any atom is -0.314 e. The van der Waals surface area contributed by atoms with Crippen LogP contribution in [-0.2, 0) is 0 Å². The van der Waals surface area contributed by atoms with Gasteiger partial charge in [0, 0.05) is 32.3 Å². The Kier molecular flexibility index (Phi) is 6.70. The zero-order valence-corrected chi connectivity index (χ0v) is 7.01. The van der Waals surface area contributed by atoms with Crippen molar-refractivity contribution in [2.75, 3.05) is 33.2 Å². The zero-order chi connectivity index (χ0) is 8.53. The summed E-state index contributed by atoms with van der Waals surface area (Å²) in [5.74, 6) is 0. The number of hydrogen-bond acceptors (Lipinski definition) is 3. The van der Waals surface area contributed by atoms with Gasteiger partial charge in [-0.25, -0.2) is 0 Å². The summed E-state index contributed by atoms with van der Waals surface area (Å²) in [6.45, 7) is 7.86. The molecule has 3 heteroatoms. The predicted octanol–water partition coefficient (Wildman–Crippen LogP) is 0.217. The van der Waals surface area contributed by atoms with Gasteiger partial charge in [0.05, 0.1) is 6.07 Å². The summed E-state index contributed by atoms with van der Waals surface area (Å²) < 4.78 is 0. The first-order valence-electron chi connectivity index (χ1n) is 3.71. The fourth-order valence-corrected chi connectivity index (χ4v) is 0.777. The molecule has 1 aliphatic heterocycles. The summed E-state index contributed by atoms with van der Waals surface area (Å²) >= 11 is 0. The van der Waals surface area contributed by atoms with Gasteiger partial charge >= 0.3 is 0 Å². The Morgan fingerprint density at radius 2 is 2.00 bits per heavy atom. The molecule has 11 heavy (non-hydrogen) atoms. The third-order valence-electron chi connectivity index (χ3n) is 1.43. The highest BCUT2D eigenvalue weighted by molar-refractivity contribution is 4.93. The normalized spacial score (nSPS) is 17.5. The third kappa shape index (κ3) is 7.04. The maximum atomic E-state index is 7.51. The quantitative estimate of drug-likeness (QED) is 0.506. The van der Waals surface area contributed by atoms with E-state index in [0.29, 0.717) is 0 Å². The van der Waals surface area contributed by atoms with E-state index in [1.807, 2.05) is 0 Å². The lowest BCUT2D eigenvalue weighted by Gasteiger charge is -2.21.